The number of rotatable bonds is 9. The lowest BCUT2D eigenvalue weighted by Crippen LogP contribution is -2.22. The molecule has 1 N–H and O–H groups in total. The van der Waals surface area contributed by atoms with Gasteiger partial charge in [0, 0.05) is 22.9 Å². The maximum atomic E-state index is 11.9. The molecule has 0 bridgehead atoms. The third kappa shape index (κ3) is 6.85. The first kappa shape index (κ1) is 18.7. The Balaban J connectivity index is 1.64. The molecule has 2 rings (SSSR count). The first-order valence-electron chi connectivity index (χ1n) is 8.04. The van der Waals surface area contributed by atoms with Crippen LogP contribution in [0.5, 0.6) is 5.75 Å². The molecule has 0 heterocycles. The molecule has 0 radical (unpaired) electrons. The van der Waals surface area contributed by atoms with Crippen molar-refractivity contribution in [1.82, 2.24) is 5.32 Å². The summed E-state index contributed by atoms with van der Waals surface area (Å²) in [7, 11) is 0. The first-order valence-corrected chi connectivity index (χ1v) is 9.40. The van der Waals surface area contributed by atoms with Gasteiger partial charge >= 0.3 is 0 Å². The fourth-order valence-corrected chi connectivity index (χ4v) is 3.13. The van der Waals surface area contributed by atoms with Crippen LogP contribution < -0.4 is 10.1 Å². The molecule has 3 nitrogen and oxygen atoms in total. The van der Waals surface area contributed by atoms with Gasteiger partial charge in [0.1, 0.15) is 5.75 Å². The van der Waals surface area contributed by atoms with Crippen LogP contribution in [0, 0.1) is 0 Å². The summed E-state index contributed by atoms with van der Waals surface area (Å²) in [6.07, 6.45) is 1.38. The molecule has 0 aliphatic rings. The van der Waals surface area contributed by atoms with Crippen molar-refractivity contribution in [3.8, 4) is 5.75 Å². The summed E-state index contributed by atoms with van der Waals surface area (Å²) in [4.78, 5) is 13.1. The number of benzene rings is 2. The summed E-state index contributed by atoms with van der Waals surface area (Å²) in [5.74, 6) is 1.83. The van der Waals surface area contributed by atoms with Crippen molar-refractivity contribution in [2.75, 3.05) is 12.4 Å². The number of hydrogen-bond donors (Lipinski definition) is 1. The fraction of sp³-hybridized carbons (Fsp3) is 0.316. The Morgan fingerprint density at radius 2 is 2.00 bits per heavy atom. The molecular formula is C19H22ClNO2S. The number of nitrogens with one attached hydrogen (secondary N) is 1. The van der Waals surface area contributed by atoms with E-state index in [-0.39, 0.29) is 5.91 Å². The molecule has 2 aromatic rings. The number of halogens is 1. The van der Waals surface area contributed by atoms with Crippen molar-refractivity contribution < 1.29 is 9.53 Å². The van der Waals surface area contributed by atoms with Crippen LogP contribution in [0.3, 0.4) is 0 Å². The van der Waals surface area contributed by atoms with Gasteiger partial charge in [0.25, 0.3) is 0 Å². The van der Waals surface area contributed by atoms with E-state index in [4.69, 9.17) is 16.3 Å². The van der Waals surface area contributed by atoms with E-state index in [1.165, 1.54) is 4.90 Å². The average Bonchev–Trinajstić information content (AvgIpc) is 2.59. The average molecular weight is 364 g/mol. The number of carbonyl (C=O) groups is 1. The standard InChI is InChI=1S/C19H22ClNO2S/c1-2-23-17-6-3-5-15(13-17)14-21-19(22)7-4-12-24-18-10-8-16(20)9-11-18/h3,5-6,8-11,13H,2,4,7,12,14H2,1H3,(H,21,22). The second kappa shape index (κ2) is 10.3. The van der Waals surface area contributed by atoms with Crippen LogP contribution in [0.4, 0.5) is 0 Å². The maximum absolute atomic E-state index is 11.9. The zero-order valence-corrected chi connectivity index (χ0v) is 15.3. The lowest BCUT2D eigenvalue weighted by atomic mass is 10.2. The quantitative estimate of drug-likeness (QED) is 0.507. The number of amides is 1. The Bertz CT molecular complexity index is 646. The van der Waals surface area contributed by atoms with Gasteiger partial charge in [-0.2, -0.15) is 0 Å². The van der Waals surface area contributed by atoms with Crippen LogP contribution in [-0.2, 0) is 11.3 Å². The smallest absolute Gasteiger partial charge is 0.220 e. The molecule has 2 aromatic carbocycles. The summed E-state index contributed by atoms with van der Waals surface area (Å²) in [5, 5.41) is 3.70. The highest BCUT2D eigenvalue weighted by Crippen LogP contribution is 2.21. The van der Waals surface area contributed by atoms with Gasteiger partial charge in [0.2, 0.25) is 5.91 Å². The van der Waals surface area contributed by atoms with Gasteiger partial charge in [0.05, 0.1) is 6.61 Å². The fourth-order valence-electron chi connectivity index (χ4n) is 2.15. The van der Waals surface area contributed by atoms with E-state index >= 15 is 0 Å². The Kier molecular flexibility index (Phi) is 7.99. The Morgan fingerprint density at radius 3 is 2.75 bits per heavy atom. The molecule has 0 aromatic heterocycles. The summed E-state index contributed by atoms with van der Waals surface area (Å²) in [6.45, 7) is 3.13. The Labute approximate surface area is 152 Å². The van der Waals surface area contributed by atoms with E-state index in [0.29, 0.717) is 19.6 Å². The molecule has 0 aliphatic heterocycles. The molecular weight excluding hydrogens is 342 g/mol. The third-order valence-electron chi connectivity index (χ3n) is 3.33. The van der Waals surface area contributed by atoms with Crippen LogP contribution in [0.15, 0.2) is 53.4 Å². The van der Waals surface area contributed by atoms with Crippen molar-refractivity contribution in [1.29, 1.82) is 0 Å². The molecule has 0 fully saturated rings. The summed E-state index contributed by atoms with van der Waals surface area (Å²) >= 11 is 7.59. The monoisotopic (exact) mass is 363 g/mol. The highest BCUT2D eigenvalue weighted by atomic mass is 35.5. The van der Waals surface area contributed by atoms with E-state index in [0.717, 1.165) is 28.5 Å². The molecule has 0 saturated heterocycles. The Morgan fingerprint density at radius 1 is 1.21 bits per heavy atom. The minimum absolute atomic E-state index is 0.0773. The molecule has 24 heavy (non-hydrogen) atoms. The predicted octanol–water partition coefficient (Wildman–Crippen LogP) is 4.93. The van der Waals surface area contributed by atoms with E-state index in [2.05, 4.69) is 5.32 Å². The van der Waals surface area contributed by atoms with Gasteiger partial charge in [-0.1, -0.05) is 23.7 Å². The van der Waals surface area contributed by atoms with E-state index in [1.54, 1.807) is 11.8 Å². The molecule has 0 spiro atoms. The summed E-state index contributed by atoms with van der Waals surface area (Å²) in [6, 6.07) is 15.6. The molecule has 0 aliphatic carbocycles. The summed E-state index contributed by atoms with van der Waals surface area (Å²) < 4.78 is 5.46. The van der Waals surface area contributed by atoms with Crippen molar-refractivity contribution in [3.05, 3.63) is 59.1 Å². The lowest BCUT2D eigenvalue weighted by Gasteiger charge is -2.08. The summed E-state index contributed by atoms with van der Waals surface area (Å²) in [5.41, 5.74) is 1.05. The minimum atomic E-state index is 0.0773. The number of thioether (sulfide) groups is 1. The van der Waals surface area contributed by atoms with Crippen LogP contribution in [-0.4, -0.2) is 18.3 Å². The van der Waals surface area contributed by atoms with Crippen molar-refractivity contribution in [3.63, 3.8) is 0 Å². The van der Waals surface area contributed by atoms with Crippen LogP contribution in [0.2, 0.25) is 5.02 Å². The van der Waals surface area contributed by atoms with E-state index in [9.17, 15) is 4.79 Å². The SMILES string of the molecule is CCOc1cccc(CNC(=O)CCCSc2ccc(Cl)cc2)c1. The molecule has 128 valence electrons. The third-order valence-corrected chi connectivity index (χ3v) is 4.68. The second-order valence-electron chi connectivity index (χ2n) is 5.26. The van der Waals surface area contributed by atoms with Gasteiger partial charge in [-0.3, -0.25) is 4.79 Å². The molecule has 5 heteroatoms. The van der Waals surface area contributed by atoms with Crippen molar-refractivity contribution in [2.45, 2.75) is 31.2 Å². The van der Waals surface area contributed by atoms with Gasteiger partial charge in [-0.15, -0.1) is 11.8 Å². The first-order chi connectivity index (χ1) is 11.7. The largest absolute Gasteiger partial charge is 0.494 e. The van der Waals surface area contributed by atoms with Gasteiger partial charge < -0.3 is 10.1 Å². The number of carbonyl (C=O) groups excluding carboxylic acids is 1. The number of ether oxygens (including phenoxy) is 1. The second-order valence-corrected chi connectivity index (χ2v) is 6.87. The van der Waals surface area contributed by atoms with Crippen molar-refractivity contribution in [2.24, 2.45) is 0 Å². The Hall–Kier alpha value is -1.65. The maximum Gasteiger partial charge on any atom is 0.220 e. The highest BCUT2D eigenvalue weighted by molar-refractivity contribution is 7.99. The highest BCUT2D eigenvalue weighted by Gasteiger charge is 2.03. The van der Waals surface area contributed by atoms with Gasteiger partial charge in [-0.25, -0.2) is 0 Å². The molecule has 0 saturated carbocycles. The topological polar surface area (TPSA) is 38.3 Å². The lowest BCUT2D eigenvalue weighted by molar-refractivity contribution is -0.121. The normalized spacial score (nSPS) is 10.4. The van der Waals surface area contributed by atoms with E-state index < -0.39 is 0 Å². The van der Waals surface area contributed by atoms with Gasteiger partial charge in [-0.05, 0) is 61.1 Å². The van der Waals surface area contributed by atoms with Crippen LogP contribution in [0.1, 0.15) is 25.3 Å². The van der Waals surface area contributed by atoms with Gasteiger partial charge in [0.15, 0.2) is 0 Å². The van der Waals surface area contributed by atoms with Crippen LogP contribution in [0.25, 0.3) is 0 Å². The van der Waals surface area contributed by atoms with Crippen molar-refractivity contribution >= 4 is 29.3 Å². The predicted molar refractivity (Wildman–Crippen MR) is 101 cm³/mol. The molecule has 1 amide bonds. The zero-order valence-electron chi connectivity index (χ0n) is 13.8. The zero-order chi connectivity index (χ0) is 17.2. The minimum Gasteiger partial charge on any atom is -0.494 e. The van der Waals surface area contributed by atoms with E-state index in [1.807, 2.05) is 55.5 Å². The van der Waals surface area contributed by atoms with Crippen LogP contribution >= 0.6 is 23.4 Å². The molecule has 0 unspecified atom stereocenters. The number of hydrogen-bond acceptors (Lipinski definition) is 3. The molecule has 0 atom stereocenters.